The Balaban J connectivity index is 1.56. The molecule has 2 aliphatic rings. The highest BCUT2D eigenvalue weighted by Gasteiger charge is 2.36. The van der Waals surface area contributed by atoms with Crippen LogP contribution < -0.4 is 0 Å². The SMILES string of the molecule is O=CN1CCc2ccccc2C1CCN1C(=O)c2ccccc2C1=O. The highest BCUT2D eigenvalue weighted by molar-refractivity contribution is 6.21. The van der Waals surface area contributed by atoms with Gasteiger partial charge in [0.1, 0.15) is 0 Å². The second-order valence-electron chi connectivity index (χ2n) is 6.40. The van der Waals surface area contributed by atoms with Crippen molar-refractivity contribution in [3.8, 4) is 0 Å². The summed E-state index contributed by atoms with van der Waals surface area (Å²) in [6.07, 6.45) is 2.24. The molecular formula is C20H18N2O3. The molecule has 0 N–H and O–H groups in total. The standard InChI is InChI=1S/C20H18N2O3/c23-13-21-11-9-14-5-1-2-6-15(14)18(21)10-12-22-19(24)16-7-3-4-8-17(16)20(22)25/h1-8,13,18H,9-12H2. The molecule has 25 heavy (non-hydrogen) atoms. The van der Waals surface area contributed by atoms with Crippen LogP contribution in [-0.2, 0) is 11.2 Å². The van der Waals surface area contributed by atoms with Gasteiger partial charge in [-0.2, -0.15) is 0 Å². The van der Waals surface area contributed by atoms with Gasteiger partial charge in [-0.15, -0.1) is 0 Å². The van der Waals surface area contributed by atoms with Crippen LogP contribution in [0.25, 0.3) is 0 Å². The Bertz CT molecular complexity index is 827. The maximum absolute atomic E-state index is 12.5. The average molecular weight is 334 g/mol. The predicted octanol–water partition coefficient (Wildman–Crippen LogP) is 2.43. The van der Waals surface area contributed by atoms with E-state index in [2.05, 4.69) is 6.07 Å². The first kappa shape index (κ1) is 15.6. The zero-order chi connectivity index (χ0) is 17.4. The molecule has 2 heterocycles. The Morgan fingerprint density at radius 2 is 1.60 bits per heavy atom. The Labute approximate surface area is 145 Å². The van der Waals surface area contributed by atoms with Crippen molar-refractivity contribution in [1.82, 2.24) is 9.80 Å². The molecule has 0 aromatic heterocycles. The van der Waals surface area contributed by atoms with Crippen LogP contribution in [0.4, 0.5) is 0 Å². The highest BCUT2D eigenvalue weighted by Crippen LogP contribution is 2.32. The number of nitrogens with zero attached hydrogens (tertiary/aromatic N) is 2. The predicted molar refractivity (Wildman–Crippen MR) is 92.1 cm³/mol. The third-order valence-electron chi connectivity index (χ3n) is 5.09. The van der Waals surface area contributed by atoms with E-state index in [1.54, 1.807) is 29.2 Å². The van der Waals surface area contributed by atoms with Crippen LogP contribution in [0.2, 0.25) is 0 Å². The van der Waals surface area contributed by atoms with Gasteiger partial charge in [-0.25, -0.2) is 0 Å². The second-order valence-corrected chi connectivity index (χ2v) is 6.40. The van der Waals surface area contributed by atoms with E-state index in [0.29, 0.717) is 30.6 Å². The Morgan fingerprint density at radius 3 is 2.28 bits per heavy atom. The fourth-order valence-corrected chi connectivity index (χ4v) is 3.81. The smallest absolute Gasteiger partial charge is 0.261 e. The molecular weight excluding hydrogens is 316 g/mol. The number of fused-ring (bicyclic) bond motifs is 2. The summed E-state index contributed by atoms with van der Waals surface area (Å²) in [5.74, 6) is -0.496. The normalized spacial score (nSPS) is 19.0. The monoisotopic (exact) mass is 334 g/mol. The molecule has 2 aliphatic heterocycles. The number of rotatable bonds is 4. The van der Waals surface area contributed by atoms with Gasteiger partial charge in [0.05, 0.1) is 17.2 Å². The molecule has 3 amide bonds. The molecule has 2 aromatic carbocycles. The molecule has 0 spiro atoms. The van der Waals surface area contributed by atoms with Crippen molar-refractivity contribution in [3.63, 3.8) is 0 Å². The van der Waals surface area contributed by atoms with Gasteiger partial charge in [-0.05, 0) is 36.1 Å². The molecule has 0 radical (unpaired) electrons. The average Bonchev–Trinajstić information content (AvgIpc) is 2.90. The lowest BCUT2D eigenvalue weighted by Gasteiger charge is -2.35. The van der Waals surface area contributed by atoms with E-state index in [1.807, 2.05) is 18.2 Å². The summed E-state index contributed by atoms with van der Waals surface area (Å²) in [4.78, 5) is 39.5. The number of imide groups is 1. The van der Waals surface area contributed by atoms with Crippen molar-refractivity contribution in [2.24, 2.45) is 0 Å². The Hall–Kier alpha value is -2.95. The number of benzene rings is 2. The van der Waals surface area contributed by atoms with E-state index in [1.165, 1.54) is 10.5 Å². The van der Waals surface area contributed by atoms with Gasteiger partial charge in [0.25, 0.3) is 11.8 Å². The van der Waals surface area contributed by atoms with Gasteiger partial charge in [0.2, 0.25) is 6.41 Å². The molecule has 5 heteroatoms. The van der Waals surface area contributed by atoms with Crippen LogP contribution in [0.1, 0.15) is 44.3 Å². The summed E-state index contributed by atoms with van der Waals surface area (Å²) in [5, 5.41) is 0. The highest BCUT2D eigenvalue weighted by atomic mass is 16.2. The minimum Gasteiger partial charge on any atom is -0.338 e. The first-order valence-electron chi connectivity index (χ1n) is 8.45. The summed E-state index contributed by atoms with van der Waals surface area (Å²) in [5.41, 5.74) is 3.26. The molecule has 5 nitrogen and oxygen atoms in total. The van der Waals surface area contributed by atoms with Gasteiger partial charge in [0.15, 0.2) is 0 Å². The first-order chi connectivity index (χ1) is 12.2. The Kier molecular flexibility index (Phi) is 3.84. The fraction of sp³-hybridized carbons (Fsp3) is 0.250. The lowest BCUT2D eigenvalue weighted by Crippen LogP contribution is -2.38. The summed E-state index contributed by atoms with van der Waals surface area (Å²) in [6, 6.07) is 14.8. The number of hydrogen-bond acceptors (Lipinski definition) is 3. The first-order valence-corrected chi connectivity index (χ1v) is 8.45. The largest absolute Gasteiger partial charge is 0.338 e. The molecule has 2 aromatic rings. The fourth-order valence-electron chi connectivity index (χ4n) is 3.81. The number of amides is 3. The maximum Gasteiger partial charge on any atom is 0.261 e. The van der Waals surface area contributed by atoms with Crippen molar-refractivity contribution in [1.29, 1.82) is 0 Å². The van der Waals surface area contributed by atoms with Gasteiger partial charge in [-0.3, -0.25) is 19.3 Å². The molecule has 0 saturated heterocycles. The van der Waals surface area contributed by atoms with Crippen molar-refractivity contribution < 1.29 is 14.4 Å². The zero-order valence-electron chi connectivity index (χ0n) is 13.7. The van der Waals surface area contributed by atoms with Crippen LogP contribution in [0.3, 0.4) is 0 Å². The molecule has 0 saturated carbocycles. The van der Waals surface area contributed by atoms with Crippen molar-refractivity contribution in [2.75, 3.05) is 13.1 Å². The van der Waals surface area contributed by atoms with E-state index in [-0.39, 0.29) is 17.9 Å². The van der Waals surface area contributed by atoms with Gasteiger partial charge < -0.3 is 4.90 Å². The van der Waals surface area contributed by atoms with Crippen molar-refractivity contribution in [3.05, 3.63) is 70.8 Å². The van der Waals surface area contributed by atoms with E-state index in [0.717, 1.165) is 18.4 Å². The molecule has 0 fully saturated rings. The van der Waals surface area contributed by atoms with Crippen LogP contribution in [0, 0.1) is 0 Å². The number of carbonyl (C=O) groups excluding carboxylic acids is 3. The quantitative estimate of drug-likeness (QED) is 0.637. The van der Waals surface area contributed by atoms with Crippen LogP contribution >= 0.6 is 0 Å². The van der Waals surface area contributed by atoms with E-state index in [4.69, 9.17) is 0 Å². The van der Waals surface area contributed by atoms with E-state index < -0.39 is 0 Å². The van der Waals surface area contributed by atoms with Crippen molar-refractivity contribution >= 4 is 18.2 Å². The lowest BCUT2D eigenvalue weighted by molar-refractivity contribution is -0.120. The van der Waals surface area contributed by atoms with Gasteiger partial charge in [-0.1, -0.05) is 36.4 Å². The van der Waals surface area contributed by atoms with Crippen molar-refractivity contribution in [2.45, 2.75) is 18.9 Å². The number of hydrogen-bond donors (Lipinski definition) is 0. The lowest BCUT2D eigenvalue weighted by atomic mass is 9.91. The number of carbonyl (C=O) groups is 3. The molecule has 1 atom stereocenters. The zero-order valence-corrected chi connectivity index (χ0v) is 13.7. The molecule has 0 bridgehead atoms. The topological polar surface area (TPSA) is 57.7 Å². The van der Waals surface area contributed by atoms with Gasteiger partial charge >= 0.3 is 0 Å². The van der Waals surface area contributed by atoms with E-state index >= 15 is 0 Å². The third kappa shape index (κ3) is 2.52. The second kappa shape index (κ2) is 6.16. The molecule has 1 unspecified atom stereocenters. The maximum atomic E-state index is 12.5. The van der Waals surface area contributed by atoms with Gasteiger partial charge in [0, 0.05) is 13.1 Å². The Morgan fingerprint density at radius 1 is 0.960 bits per heavy atom. The summed E-state index contributed by atoms with van der Waals surface area (Å²) in [6.45, 7) is 0.961. The minimum absolute atomic E-state index is 0.105. The summed E-state index contributed by atoms with van der Waals surface area (Å²) >= 11 is 0. The van der Waals surface area contributed by atoms with Crippen LogP contribution in [0.5, 0.6) is 0 Å². The molecule has 126 valence electrons. The molecule has 0 aliphatic carbocycles. The minimum atomic E-state index is -0.248. The van der Waals surface area contributed by atoms with E-state index in [9.17, 15) is 14.4 Å². The summed E-state index contributed by atoms with van der Waals surface area (Å²) in [7, 11) is 0. The van der Waals surface area contributed by atoms with Crippen LogP contribution in [-0.4, -0.2) is 41.1 Å². The van der Waals surface area contributed by atoms with Crippen LogP contribution in [0.15, 0.2) is 48.5 Å². The summed E-state index contributed by atoms with van der Waals surface area (Å²) < 4.78 is 0. The third-order valence-corrected chi connectivity index (χ3v) is 5.09. The molecule has 4 rings (SSSR count).